The minimum Gasteiger partial charge on any atom is -0.357 e. The fourth-order valence-corrected chi connectivity index (χ4v) is 3.17. The first-order chi connectivity index (χ1) is 10.3. The van der Waals surface area contributed by atoms with Crippen molar-refractivity contribution in [1.29, 1.82) is 0 Å². The van der Waals surface area contributed by atoms with Gasteiger partial charge < -0.3 is 10.6 Å². The highest BCUT2D eigenvalue weighted by Crippen LogP contribution is 2.19. The molecule has 1 aliphatic rings. The number of allylic oxidation sites excluding steroid dienone is 1. The summed E-state index contributed by atoms with van der Waals surface area (Å²) in [4.78, 5) is 10.1. The van der Waals surface area contributed by atoms with E-state index in [2.05, 4.69) is 33.6 Å². The van der Waals surface area contributed by atoms with E-state index in [0.29, 0.717) is 6.54 Å². The van der Waals surface area contributed by atoms with Gasteiger partial charge in [-0.25, -0.2) is 9.98 Å². The number of nitrogens with zero attached hydrogens (tertiary/aromatic N) is 2. The maximum Gasteiger partial charge on any atom is 0.191 e. The monoisotopic (exact) mass is 434 g/mol. The molecule has 0 bridgehead atoms. The largest absolute Gasteiger partial charge is 0.357 e. The molecule has 2 N–H and O–H groups in total. The van der Waals surface area contributed by atoms with Crippen LogP contribution in [0.15, 0.2) is 22.8 Å². The fourth-order valence-electron chi connectivity index (χ4n) is 2.45. The van der Waals surface area contributed by atoms with Crippen LogP contribution < -0.4 is 10.6 Å². The van der Waals surface area contributed by atoms with Crippen molar-refractivity contribution in [2.75, 3.05) is 13.1 Å². The van der Waals surface area contributed by atoms with Crippen LogP contribution in [-0.4, -0.2) is 24.0 Å². The summed E-state index contributed by atoms with van der Waals surface area (Å²) in [6.07, 6.45) is 10.7. The van der Waals surface area contributed by atoms with Gasteiger partial charge in [-0.15, -0.1) is 35.3 Å². The second-order valence-electron chi connectivity index (χ2n) is 5.33. The summed E-state index contributed by atoms with van der Waals surface area (Å²) in [7, 11) is 0. The van der Waals surface area contributed by atoms with Gasteiger partial charge in [-0.3, -0.25) is 0 Å². The lowest BCUT2D eigenvalue weighted by atomic mass is 9.97. The Hall–Kier alpha value is -0.630. The molecule has 0 aliphatic heterocycles. The van der Waals surface area contributed by atoms with Crippen LogP contribution >= 0.6 is 35.3 Å². The molecular formula is C16H27IN4S. The molecule has 0 fully saturated rings. The molecule has 0 unspecified atom stereocenters. The van der Waals surface area contributed by atoms with Crippen LogP contribution in [0.2, 0.25) is 0 Å². The number of rotatable bonds is 6. The zero-order chi connectivity index (χ0) is 14.9. The first-order valence-corrected chi connectivity index (χ1v) is 8.71. The van der Waals surface area contributed by atoms with Crippen molar-refractivity contribution in [3.05, 3.63) is 27.7 Å². The van der Waals surface area contributed by atoms with Crippen LogP contribution in [0.4, 0.5) is 0 Å². The number of hydrogen-bond acceptors (Lipinski definition) is 3. The maximum absolute atomic E-state index is 4.63. The normalized spacial score (nSPS) is 15.0. The van der Waals surface area contributed by atoms with Gasteiger partial charge in [0.25, 0.3) is 0 Å². The summed E-state index contributed by atoms with van der Waals surface area (Å²) in [5.41, 5.74) is 1.60. The van der Waals surface area contributed by atoms with Crippen LogP contribution in [0.25, 0.3) is 0 Å². The van der Waals surface area contributed by atoms with E-state index >= 15 is 0 Å². The van der Waals surface area contributed by atoms with Crippen molar-refractivity contribution >= 4 is 41.3 Å². The standard InChI is InChI=1S/C16H26N4S.HI/c1-3-17-16(20-12-15-11-19-13(2)21-15)18-10-9-14-7-5-4-6-8-14;/h7,11H,3-6,8-10,12H2,1-2H3,(H2,17,18,20);1H. The maximum atomic E-state index is 4.63. The van der Waals surface area contributed by atoms with E-state index in [0.717, 1.165) is 30.5 Å². The van der Waals surface area contributed by atoms with Gasteiger partial charge in [0.05, 0.1) is 11.6 Å². The van der Waals surface area contributed by atoms with Crippen molar-refractivity contribution in [3.8, 4) is 0 Å². The van der Waals surface area contributed by atoms with Crippen LogP contribution in [0, 0.1) is 6.92 Å². The molecule has 0 spiro atoms. The Balaban J connectivity index is 0.00000242. The summed E-state index contributed by atoms with van der Waals surface area (Å²) >= 11 is 1.71. The average molecular weight is 434 g/mol. The molecule has 0 atom stereocenters. The molecule has 1 aliphatic carbocycles. The van der Waals surface area contributed by atoms with Crippen LogP contribution in [0.1, 0.15) is 48.9 Å². The molecule has 1 aromatic rings. The number of thiazole rings is 1. The van der Waals surface area contributed by atoms with Crippen LogP contribution in [0.5, 0.6) is 0 Å². The van der Waals surface area contributed by atoms with E-state index in [1.54, 1.807) is 16.9 Å². The van der Waals surface area contributed by atoms with Gasteiger partial charge in [0.1, 0.15) is 0 Å². The molecule has 0 radical (unpaired) electrons. The second kappa shape index (κ2) is 11.0. The lowest BCUT2D eigenvalue weighted by Gasteiger charge is -2.15. The van der Waals surface area contributed by atoms with Crippen molar-refractivity contribution in [1.82, 2.24) is 15.6 Å². The lowest BCUT2D eigenvalue weighted by Crippen LogP contribution is -2.37. The van der Waals surface area contributed by atoms with E-state index in [1.807, 2.05) is 13.1 Å². The Morgan fingerprint density at radius 1 is 1.36 bits per heavy atom. The van der Waals surface area contributed by atoms with E-state index in [-0.39, 0.29) is 24.0 Å². The van der Waals surface area contributed by atoms with E-state index in [1.165, 1.54) is 30.6 Å². The molecular weight excluding hydrogens is 407 g/mol. The summed E-state index contributed by atoms with van der Waals surface area (Å²) < 4.78 is 0. The van der Waals surface area contributed by atoms with Crippen molar-refractivity contribution in [2.45, 2.75) is 52.5 Å². The smallest absolute Gasteiger partial charge is 0.191 e. The number of nitrogens with one attached hydrogen (secondary N) is 2. The number of aliphatic imine (C=N–C) groups is 1. The van der Waals surface area contributed by atoms with E-state index in [9.17, 15) is 0 Å². The van der Waals surface area contributed by atoms with E-state index < -0.39 is 0 Å². The highest BCUT2D eigenvalue weighted by atomic mass is 127. The summed E-state index contributed by atoms with van der Waals surface area (Å²) in [6.45, 7) is 6.66. The predicted octanol–water partition coefficient (Wildman–Crippen LogP) is 4.02. The molecule has 2 rings (SSSR count). The van der Waals surface area contributed by atoms with Crippen molar-refractivity contribution in [3.63, 3.8) is 0 Å². The van der Waals surface area contributed by atoms with Gasteiger partial charge in [0, 0.05) is 24.2 Å². The molecule has 22 heavy (non-hydrogen) atoms. The first kappa shape index (κ1) is 19.4. The Kier molecular flexibility index (Phi) is 9.70. The van der Waals surface area contributed by atoms with Gasteiger partial charge in [-0.1, -0.05) is 11.6 Å². The van der Waals surface area contributed by atoms with Gasteiger partial charge in [0.2, 0.25) is 0 Å². The molecule has 0 aromatic carbocycles. The molecule has 1 aromatic heterocycles. The molecule has 0 saturated carbocycles. The minimum atomic E-state index is 0. The van der Waals surface area contributed by atoms with Gasteiger partial charge in [0.15, 0.2) is 5.96 Å². The number of hydrogen-bond donors (Lipinski definition) is 2. The predicted molar refractivity (Wildman–Crippen MR) is 106 cm³/mol. The minimum absolute atomic E-state index is 0. The third-order valence-electron chi connectivity index (χ3n) is 3.53. The molecule has 124 valence electrons. The van der Waals surface area contributed by atoms with Gasteiger partial charge in [-0.2, -0.15) is 0 Å². The topological polar surface area (TPSA) is 49.3 Å². The quantitative estimate of drug-likeness (QED) is 0.308. The van der Waals surface area contributed by atoms with E-state index in [4.69, 9.17) is 0 Å². The lowest BCUT2D eigenvalue weighted by molar-refractivity contribution is 0.665. The molecule has 0 amide bonds. The zero-order valence-corrected chi connectivity index (χ0v) is 16.7. The number of guanidine groups is 1. The summed E-state index contributed by atoms with van der Waals surface area (Å²) in [5.74, 6) is 0.903. The zero-order valence-electron chi connectivity index (χ0n) is 13.5. The highest BCUT2D eigenvalue weighted by Gasteiger charge is 2.04. The second-order valence-corrected chi connectivity index (χ2v) is 6.65. The Bertz CT molecular complexity index is 496. The summed E-state index contributed by atoms with van der Waals surface area (Å²) in [5, 5.41) is 7.83. The highest BCUT2D eigenvalue weighted by molar-refractivity contribution is 14.0. The number of aryl methyl sites for hydroxylation is 1. The Morgan fingerprint density at radius 2 is 2.23 bits per heavy atom. The SMILES string of the molecule is CCNC(=NCc1cnc(C)s1)NCCC1=CCCCC1.I. The van der Waals surface area contributed by atoms with Crippen LogP contribution in [0.3, 0.4) is 0 Å². The number of aromatic nitrogens is 1. The van der Waals surface area contributed by atoms with Gasteiger partial charge in [-0.05, 0) is 46.0 Å². The molecule has 1 heterocycles. The van der Waals surface area contributed by atoms with Crippen molar-refractivity contribution < 1.29 is 0 Å². The molecule has 0 saturated heterocycles. The molecule has 6 heteroatoms. The Labute approximate surface area is 154 Å². The Morgan fingerprint density at radius 3 is 2.86 bits per heavy atom. The first-order valence-electron chi connectivity index (χ1n) is 7.89. The van der Waals surface area contributed by atoms with Gasteiger partial charge >= 0.3 is 0 Å². The molecule has 4 nitrogen and oxygen atoms in total. The third-order valence-corrected chi connectivity index (χ3v) is 4.43. The summed E-state index contributed by atoms with van der Waals surface area (Å²) in [6, 6.07) is 0. The van der Waals surface area contributed by atoms with Crippen molar-refractivity contribution in [2.24, 2.45) is 4.99 Å². The van der Waals surface area contributed by atoms with Crippen LogP contribution in [-0.2, 0) is 6.54 Å². The number of halogens is 1. The average Bonchev–Trinajstić information content (AvgIpc) is 2.91. The fraction of sp³-hybridized carbons (Fsp3) is 0.625. The third kappa shape index (κ3) is 7.09.